The highest BCUT2D eigenvalue weighted by atomic mass is 32.1. The number of carbonyl (C=O) groups excluding carboxylic acids is 2. The van der Waals surface area contributed by atoms with Crippen molar-refractivity contribution >= 4 is 34.3 Å². The molecule has 0 atom stereocenters. The molecule has 1 aliphatic carbocycles. The molecule has 3 rings (SSSR count). The van der Waals surface area contributed by atoms with Gasteiger partial charge in [-0.25, -0.2) is 4.79 Å². The Labute approximate surface area is 167 Å². The lowest BCUT2D eigenvalue weighted by Crippen LogP contribution is -2.16. The Hall–Kier alpha value is -3.11. The minimum Gasteiger partial charge on any atom is -0.497 e. The molecule has 1 aromatic carbocycles. The number of thiophene rings is 1. The van der Waals surface area contributed by atoms with E-state index in [9.17, 15) is 14.9 Å². The van der Waals surface area contributed by atoms with Gasteiger partial charge in [-0.3, -0.25) is 4.79 Å². The molecule has 0 bridgehead atoms. The summed E-state index contributed by atoms with van der Waals surface area (Å²) >= 11 is 1.39. The van der Waals surface area contributed by atoms with Gasteiger partial charge in [0.1, 0.15) is 22.4 Å². The fraction of sp³-hybridized carbons (Fsp3) is 0.286. The summed E-state index contributed by atoms with van der Waals surface area (Å²) in [6.07, 6.45) is 5.23. The molecule has 0 spiro atoms. The van der Waals surface area contributed by atoms with Crippen LogP contribution in [0.2, 0.25) is 0 Å². The first-order chi connectivity index (χ1) is 13.6. The Bertz CT molecular complexity index is 968. The van der Waals surface area contributed by atoms with Crippen LogP contribution < -0.4 is 10.1 Å². The number of hydrogen-bond donors (Lipinski definition) is 1. The third kappa shape index (κ3) is 4.07. The van der Waals surface area contributed by atoms with E-state index in [4.69, 9.17) is 9.47 Å². The number of aryl methyl sites for hydroxylation is 1. The number of anilines is 1. The van der Waals surface area contributed by atoms with Gasteiger partial charge in [-0.1, -0.05) is 12.1 Å². The fourth-order valence-electron chi connectivity index (χ4n) is 3.16. The van der Waals surface area contributed by atoms with Crippen LogP contribution in [-0.2, 0) is 22.4 Å². The highest BCUT2D eigenvalue weighted by Gasteiger charge is 2.27. The van der Waals surface area contributed by atoms with Gasteiger partial charge in [0.25, 0.3) is 5.91 Å². The van der Waals surface area contributed by atoms with Crippen LogP contribution in [0.15, 0.2) is 29.8 Å². The van der Waals surface area contributed by atoms with Gasteiger partial charge in [0, 0.05) is 4.88 Å². The Balaban J connectivity index is 1.88. The van der Waals surface area contributed by atoms with Gasteiger partial charge in [-0.2, -0.15) is 5.26 Å². The lowest BCUT2D eigenvalue weighted by Gasteiger charge is -2.11. The molecule has 0 unspecified atom stereocenters. The zero-order valence-electron chi connectivity index (χ0n) is 15.7. The minimum absolute atomic E-state index is 0.0487. The number of fused-ring (bicyclic) bond motifs is 1. The Morgan fingerprint density at radius 3 is 2.54 bits per heavy atom. The number of nitrogens with zero attached hydrogens (tertiary/aromatic N) is 1. The molecule has 0 saturated heterocycles. The molecular weight excluding hydrogens is 376 g/mol. The highest BCUT2D eigenvalue weighted by molar-refractivity contribution is 7.17. The van der Waals surface area contributed by atoms with Crippen LogP contribution in [0.5, 0.6) is 5.75 Å². The number of hydrogen-bond acceptors (Lipinski definition) is 6. The van der Waals surface area contributed by atoms with E-state index in [1.54, 1.807) is 31.4 Å². The predicted molar refractivity (Wildman–Crippen MR) is 108 cm³/mol. The lowest BCUT2D eigenvalue weighted by atomic mass is 9.95. The summed E-state index contributed by atoms with van der Waals surface area (Å²) < 4.78 is 10.0. The van der Waals surface area contributed by atoms with E-state index in [2.05, 4.69) is 5.32 Å². The molecule has 28 heavy (non-hydrogen) atoms. The molecule has 0 radical (unpaired) electrons. The molecule has 2 aromatic rings. The van der Waals surface area contributed by atoms with Crippen molar-refractivity contribution in [1.82, 2.24) is 0 Å². The molecule has 1 amide bonds. The zero-order valence-corrected chi connectivity index (χ0v) is 16.5. The Morgan fingerprint density at radius 2 is 1.89 bits per heavy atom. The van der Waals surface area contributed by atoms with Crippen molar-refractivity contribution in [3.05, 3.63) is 51.4 Å². The fourth-order valence-corrected chi connectivity index (χ4v) is 4.43. The SMILES string of the molecule is COC(=O)c1c(NC(=O)/C(C#N)=C\c2ccc(OC)cc2)sc2c1CCCC2. The molecule has 1 heterocycles. The van der Waals surface area contributed by atoms with E-state index in [1.807, 2.05) is 6.07 Å². The molecule has 144 valence electrons. The summed E-state index contributed by atoms with van der Waals surface area (Å²) in [5.41, 5.74) is 2.02. The number of methoxy groups -OCH3 is 2. The number of esters is 1. The number of amides is 1. The molecular formula is C21H20N2O4S. The second-order valence-corrected chi connectivity index (χ2v) is 7.41. The van der Waals surface area contributed by atoms with Gasteiger partial charge in [0.05, 0.1) is 19.8 Å². The summed E-state index contributed by atoms with van der Waals surface area (Å²) in [4.78, 5) is 26.1. The van der Waals surface area contributed by atoms with E-state index in [-0.39, 0.29) is 5.57 Å². The van der Waals surface area contributed by atoms with Crippen molar-refractivity contribution in [1.29, 1.82) is 5.26 Å². The Kier molecular flexibility index (Phi) is 6.12. The first kappa shape index (κ1) is 19.6. The zero-order chi connectivity index (χ0) is 20.1. The van der Waals surface area contributed by atoms with Crippen LogP contribution in [0.1, 0.15) is 39.2 Å². The van der Waals surface area contributed by atoms with Crippen molar-refractivity contribution in [2.45, 2.75) is 25.7 Å². The molecule has 0 saturated carbocycles. The van der Waals surface area contributed by atoms with Gasteiger partial charge < -0.3 is 14.8 Å². The number of ether oxygens (including phenoxy) is 2. The van der Waals surface area contributed by atoms with E-state index in [0.717, 1.165) is 36.1 Å². The molecule has 7 heteroatoms. The van der Waals surface area contributed by atoms with Gasteiger partial charge in [-0.05, 0) is 55.0 Å². The maximum absolute atomic E-state index is 12.7. The number of nitriles is 1. The maximum Gasteiger partial charge on any atom is 0.341 e. The highest BCUT2D eigenvalue weighted by Crippen LogP contribution is 2.38. The topological polar surface area (TPSA) is 88.4 Å². The van der Waals surface area contributed by atoms with Crippen LogP contribution in [0.25, 0.3) is 6.08 Å². The monoisotopic (exact) mass is 396 g/mol. The second-order valence-electron chi connectivity index (χ2n) is 6.30. The largest absolute Gasteiger partial charge is 0.497 e. The normalized spacial score (nSPS) is 13.2. The van der Waals surface area contributed by atoms with E-state index >= 15 is 0 Å². The summed E-state index contributed by atoms with van der Waals surface area (Å²) in [6, 6.07) is 8.95. The second kappa shape index (κ2) is 8.72. The summed E-state index contributed by atoms with van der Waals surface area (Å²) in [5.74, 6) is -0.332. The lowest BCUT2D eigenvalue weighted by molar-refractivity contribution is -0.112. The summed E-state index contributed by atoms with van der Waals surface area (Å²) in [6.45, 7) is 0. The average Bonchev–Trinajstić information content (AvgIpc) is 3.09. The predicted octanol–water partition coefficient (Wildman–Crippen LogP) is 3.97. The third-order valence-corrected chi connectivity index (χ3v) is 5.79. The standard InChI is InChI=1S/C21H20N2O4S/c1-26-15-9-7-13(8-10-15)11-14(12-22)19(24)23-20-18(21(25)27-2)16-5-3-4-6-17(16)28-20/h7-11H,3-6H2,1-2H3,(H,23,24)/b14-11-. The van der Waals surface area contributed by atoms with Crippen LogP contribution in [0, 0.1) is 11.3 Å². The van der Waals surface area contributed by atoms with Gasteiger partial charge in [-0.15, -0.1) is 11.3 Å². The molecule has 0 aliphatic heterocycles. The molecule has 1 N–H and O–H groups in total. The molecule has 1 aromatic heterocycles. The van der Waals surface area contributed by atoms with Crippen molar-refractivity contribution in [3.63, 3.8) is 0 Å². The van der Waals surface area contributed by atoms with Crippen LogP contribution in [0.4, 0.5) is 5.00 Å². The van der Waals surface area contributed by atoms with Gasteiger partial charge >= 0.3 is 5.97 Å². The van der Waals surface area contributed by atoms with Crippen LogP contribution >= 0.6 is 11.3 Å². The number of rotatable bonds is 5. The van der Waals surface area contributed by atoms with Crippen LogP contribution in [-0.4, -0.2) is 26.1 Å². The summed E-state index contributed by atoms with van der Waals surface area (Å²) in [7, 11) is 2.89. The van der Waals surface area contributed by atoms with Crippen molar-refractivity contribution in [2.24, 2.45) is 0 Å². The molecule has 6 nitrogen and oxygen atoms in total. The minimum atomic E-state index is -0.554. The van der Waals surface area contributed by atoms with Crippen LogP contribution in [0.3, 0.4) is 0 Å². The van der Waals surface area contributed by atoms with Crippen molar-refractivity contribution in [2.75, 3.05) is 19.5 Å². The van der Waals surface area contributed by atoms with E-state index < -0.39 is 11.9 Å². The van der Waals surface area contributed by atoms with E-state index in [1.165, 1.54) is 24.5 Å². The van der Waals surface area contributed by atoms with Gasteiger partial charge in [0.2, 0.25) is 0 Å². The van der Waals surface area contributed by atoms with Crippen molar-refractivity contribution in [3.8, 4) is 11.8 Å². The number of benzene rings is 1. The van der Waals surface area contributed by atoms with E-state index in [0.29, 0.717) is 21.9 Å². The number of nitrogens with one attached hydrogen (secondary N) is 1. The smallest absolute Gasteiger partial charge is 0.341 e. The first-order valence-electron chi connectivity index (χ1n) is 8.87. The first-order valence-corrected chi connectivity index (χ1v) is 9.69. The van der Waals surface area contributed by atoms with Crippen molar-refractivity contribution < 1.29 is 19.1 Å². The average molecular weight is 396 g/mol. The van der Waals surface area contributed by atoms with Gasteiger partial charge in [0.15, 0.2) is 0 Å². The quantitative estimate of drug-likeness (QED) is 0.469. The summed E-state index contributed by atoms with van der Waals surface area (Å²) in [5, 5.41) is 12.6. The maximum atomic E-state index is 12.7. The molecule has 1 aliphatic rings. The Morgan fingerprint density at radius 1 is 1.18 bits per heavy atom. The molecule has 0 fully saturated rings. The number of carbonyl (C=O) groups is 2. The third-order valence-electron chi connectivity index (χ3n) is 4.58.